The van der Waals surface area contributed by atoms with Crippen LogP contribution in [0.3, 0.4) is 0 Å². The molecular formula is C19H23F6N3O. The highest BCUT2D eigenvalue weighted by Gasteiger charge is 2.51. The minimum absolute atomic E-state index is 0.0492. The molecule has 1 heterocycles. The van der Waals surface area contributed by atoms with Gasteiger partial charge in [-0.15, -0.1) is 0 Å². The zero-order chi connectivity index (χ0) is 21.4. The molecule has 2 atom stereocenters. The lowest BCUT2D eigenvalue weighted by Gasteiger charge is -2.32. The predicted molar refractivity (Wildman–Crippen MR) is 93.6 cm³/mol. The number of amides is 1. The van der Waals surface area contributed by atoms with E-state index in [0.29, 0.717) is 31.5 Å². The fourth-order valence-corrected chi connectivity index (χ4v) is 3.53. The summed E-state index contributed by atoms with van der Waals surface area (Å²) in [6.45, 7) is -0.336. The van der Waals surface area contributed by atoms with E-state index in [1.807, 2.05) is 0 Å². The Kier molecular flexibility index (Phi) is 6.14. The van der Waals surface area contributed by atoms with E-state index >= 15 is 0 Å². The molecule has 0 radical (unpaired) electrons. The Bertz CT molecular complexity index is 771. The first kappa shape index (κ1) is 21.9. The molecule has 3 rings (SSSR count). The molecular weight excluding hydrogens is 400 g/mol. The minimum Gasteiger partial charge on any atom is -0.352 e. The van der Waals surface area contributed by atoms with Crippen LogP contribution >= 0.6 is 0 Å². The van der Waals surface area contributed by atoms with Crippen molar-refractivity contribution in [3.05, 3.63) is 35.1 Å². The summed E-state index contributed by atoms with van der Waals surface area (Å²) < 4.78 is 83.0. The van der Waals surface area contributed by atoms with Crippen LogP contribution in [0.5, 0.6) is 0 Å². The predicted octanol–water partition coefficient (Wildman–Crippen LogP) is 2.69. The van der Waals surface area contributed by atoms with Crippen LogP contribution in [0.25, 0.3) is 0 Å². The van der Waals surface area contributed by atoms with Crippen molar-refractivity contribution in [3.63, 3.8) is 0 Å². The van der Waals surface area contributed by atoms with Crippen LogP contribution in [0.1, 0.15) is 31.2 Å². The average Bonchev–Trinajstić information content (AvgIpc) is 3.25. The second-order valence-corrected chi connectivity index (χ2v) is 7.87. The van der Waals surface area contributed by atoms with E-state index in [1.165, 1.54) is 4.90 Å². The molecule has 10 heteroatoms. The van der Waals surface area contributed by atoms with Crippen LogP contribution in [-0.4, -0.2) is 54.1 Å². The molecule has 0 aromatic heterocycles. The third-order valence-corrected chi connectivity index (χ3v) is 5.58. The number of carbonyl (C=O) groups excluding carboxylic acids is 1. The maximum atomic E-state index is 14.6. The fourth-order valence-electron chi connectivity index (χ4n) is 3.53. The second-order valence-electron chi connectivity index (χ2n) is 7.87. The molecule has 2 fully saturated rings. The number of rotatable bonds is 8. The topological polar surface area (TPSA) is 58.4 Å². The molecule has 0 spiro atoms. The molecule has 2 aliphatic rings. The van der Waals surface area contributed by atoms with Gasteiger partial charge in [-0.05, 0) is 50.3 Å². The summed E-state index contributed by atoms with van der Waals surface area (Å²) >= 11 is 0. The highest BCUT2D eigenvalue weighted by atomic mass is 19.3. The number of likely N-dealkylation sites (tertiary alicyclic amines) is 1. The highest BCUT2D eigenvalue weighted by molar-refractivity contribution is 5.87. The van der Waals surface area contributed by atoms with Crippen LogP contribution < -0.4 is 11.1 Å². The molecule has 1 saturated heterocycles. The second kappa shape index (κ2) is 8.14. The van der Waals surface area contributed by atoms with Gasteiger partial charge >= 0.3 is 0 Å². The Labute approximate surface area is 164 Å². The van der Waals surface area contributed by atoms with Gasteiger partial charge in [0.15, 0.2) is 17.3 Å². The van der Waals surface area contributed by atoms with Gasteiger partial charge in [0.1, 0.15) is 5.82 Å². The largest absolute Gasteiger partial charge is 0.352 e. The molecule has 0 bridgehead atoms. The standard InChI is InChI=1S/C19H23F6N3O/c20-13-8-15(22)14(21)6-11(13)7-16(26)19(24,25)10-28-5-1-2-12(28)9-27-17(29)18(23)3-4-18/h6,8,12,16H,1-5,7,9-10,26H2,(H,27,29)/t12?,16-/m1/s1. The molecule has 1 aromatic rings. The number of hydrogen-bond acceptors (Lipinski definition) is 3. The molecule has 3 N–H and O–H groups in total. The maximum absolute atomic E-state index is 14.6. The molecule has 1 aromatic carbocycles. The number of alkyl halides is 3. The lowest BCUT2D eigenvalue weighted by Crippen LogP contribution is -2.53. The first-order chi connectivity index (χ1) is 13.5. The van der Waals surface area contributed by atoms with Crippen LogP contribution in [0.15, 0.2) is 12.1 Å². The van der Waals surface area contributed by atoms with E-state index in [0.717, 1.165) is 0 Å². The van der Waals surface area contributed by atoms with E-state index in [4.69, 9.17) is 5.73 Å². The summed E-state index contributed by atoms with van der Waals surface area (Å²) in [6.07, 6.45) is 0.851. The summed E-state index contributed by atoms with van der Waals surface area (Å²) in [5.41, 5.74) is 3.31. The Morgan fingerprint density at radius 2 is 1.90 bits per heavy atom. The molecule has 1 amide bonds. The summed E-state index contributed by atoms with van der Waals surface area (Å²) in [4.78, 5) is 13.2. The smallest absolute Gasteiger partial charge is 0.275 e. The van der Waals surface area contributed by atoms with Gasteiger partial charge < -0.3 is 11.1 Å². The summed E-state index contributed by atoms with van der Waals surface area (Å²) in [7, 11) is 0. The molecule has 162 valence electrons. The van der Waals surface area contributed by atoms with E-state index in [1.54, 1.807) is 0 Å². The van der Waals surface area contributed by atoms with Gasteiger partial charge in [0.05, 0.1) is 12.6 Å². The van der Waals surface area contributed by atoms with Crippen molar-refractivity contribution in [1.29, 1.82) is 0 Å². The van der Waals surface area contributed by atoms with E-state index in [-0.39, 0.29) is 25.4 Å². The Morgan fingerprint density at radius 1 is 1.24 bits per heavy atom. The summed E-state index contributed by atoms with van der Waals surface area (Å²) in [6, 6.07) is -1.39. The number of carbonyl (C=O) groups is 1. The SMILES string of the molecule is N[C@H](Cc1cc(F)c(F)cc1F)C(F)(F)CN1CCCC1CNC(=O)C1(F)CC1. The van der Waals surface area contributed by atoms with Gasteiger partial charge in [-0.1, -0.05) is 0 Å². The maximum Gasteiger partial charge on any atom is 0.275 e. The first-order valence-corrected chi connectivity index (χ1v) is 9.50. The lowest BCUT2D eigenvalue weighted by atomic mass is 10.00. The van der Waals surface area contributed by atoms with Crippen molar-refractivity contribution < 1.29 is 31.1 Å². The van der Waals surface area contributed by atoms with Gasteiger partial charge in [-0.3, -0.25) is 9.69 Å². The Hall–Kier alpha value is -1.81. The van der Waals surface area contributed by atoms with Crippen molar-refractivity contribution in [2.24, 2.45) is 5.73 Å². The quantitative estimate of drug-likeness (QED) is 0.500. The summed E-state index contributed by atoms with van der Waals surface area (Å²) in [5.74, 6) is -8.05. The van der Waals surface area contributed by atoms with Gasteiger partial charge in [-0.2, -0.15) is 0 Å². The van der Waals surface area contributed by atoms with Crippen LogP contribution in [0.2, 0.25) is 0 Å². The number of hydrogen-bond donors (Lipinski definition) is 2. The van der Waals surface area contributed by atoms with Gasteiger partial charge in [-0.25, -0.2) is 26.3 Å². The van der Waals surface area contributed by atoms with Crippen molar-refractivity contribution in [3.8, 4) is 0 Å². The Morgan fingerprint density at radius 3 is 2.55 bits per heavy atom. The van der Waals surface area contributed by atoms with E-state index in [9.17, 15) is 31.1 Å². The zero-order valence-corrected chi connectivity index (χ0v) is 15.7. The number of halogens is 6. The summed E-state index contributed by atoms with van der Waals surface area (Å²) in [5, 5.41) is 2.47. The lowest BCUT2D eigenvalue weighted by molar-refractivity contribution is -0.127. The zero-order valence-electron chi connectivity index (χ0n) is 15.7. The van der Waals surface area contributed by atoms with Gasteiger partial charge in [0.2, 0.25) is 0 Å². The fraction of sp³-hybridized carbons (Fsp3) is 0.632. The average molecular weight is 423 g/mol. The van der Waals surface area contributed by atoms with Crippen LogP contribution in [0, 0.1) is 17.5 Å². The monoisotopic (exact) mass is 423 g/mol. The third kappa shape index (κ3) is 5.03. The number of nitrogens with zero attached hydrogens (tertiary/aromatic N) is 1. The van der Waals surface area contributed by atoms with E-state index in [2.05, 4.69) is 5.32 Å². The number of benzene rings is 1. The van der Waals surface area contributed by atoms with Crippen molar-refractivity contribution in [2.75, 3.05) is 19.6 Å². The number of nitrogens with one attached hydrogen (secondary N) is 1. The molecule has 1 aliphatic carbocycles. The third-order valence-electron chi connectivity index (χ3n) is 5.58. The molecule has 1 saturated carbocycles. The highest BCUT2D eigenvalue weighted by Crippen LogP contribution is 2.39. The molecule has 1 aliphatic heterocycles. The minimum atomic E-state index is -3.44. The molecule has 4 nitrogen and oxygen atoms in total. The van der Waals surface area contributed by atoms with Crippen molar-refractivity contribution >= 4 is 5.91 Å². The van der Waals surface area contributed by atoms with Crippen LogP contribution in [-0.2, 0) is 11.2 Å². The van der Waals surface area contributed by atoms with Gasteiger partial charge in [0, 0.05) is 18.7 Å². The van der Waals surface area contributed by atoms with Gasteiger partial charge in [0.25, 0.3) is 11.8 Å². The molecule has 1 unspecified atom stereocenters. The van der Waals surface area contributed by atoms with E-state index < -0.39 is 59.5 Å². The Balaban J connectivity index is 1.58. The van der Waals surface area contributed by atoms with Crippen molar-refractivity contribution in [1.82, 2.24) is 10.2 Å². The normalized spacial score (nSPS) is 22.5. The molecule has 29 heavy (non-hydrogen) atoms. The number of nitrogens with two attached hydrogens (primary N) is 1. The van der Waals surface area contributed by atoms with Crippen molar-refractivity contribution in [2.45, 2.75) is 55.8 Å². The van der Waals surface area contributed by atoms with Crippen LogP contribution in [0.4, 0.5) is 26.3 Å². The first-order valence-electron chi connectivity index (χ1n) is 9.50.